The summed E-state index contributed by atoms with van der Waals surface area (Å²) in [6.07, 6.45) is 0.875. The molecule has 3 N–H and O–H groups in total. The van der Waals surface area contributed by atoms with Gasteiger partial charge in [0.1, 0.15) is 5.54 Å². The van der Waals surface area contributed by atoms with E-state index in [0.29, 0.717) is 29.1 Å². The number of benzene rings is 2. The second kappa shape index (κ2) is 7.40. The third-order valence-electron chi connectivity index (χ3n) is 4.65. The van der Waals surface area contributed by atoms with E-state index in [0.717, 1.165) is 11.1 Å². The highest BCUT2D eigenvalue weighted by Gasteiger charge is 2.43. The van der Waals surface area contributed by atoms with Gasteiger partial charge in [0.2, 0.25) is 5.91 Å². The number of halogens is 1. The number of anilines is 1. The third-order valence-corrected chi connectivity index (χ3v) is 5.05. The smallest absolute Gasteiger partial charge is 0.322 e. The number of carbonyl (C=O) groups is 3. The molecule has 0 bridgehead atoms. The minimum atomic E-state index is -1.16. The van der Waals surface area contributed by atoms with Crippen molar-refractivity contribution in [3.05, 3.63) is 64.2 Å². The van der Waals surface area contributed by atoms with Crippen LogP contribution in [0.25, 0.3) is 0 Å². The lowest BCUT2D eigenvalue weighted by Crippen LogP contribution is -2.40. The third kappa shape index (κ3) is 4.11. The zero-order valence-electron chi connectivity index (χ0n) is 15.1. The Morgan fingerprint density at radius 1 is 1.19 bits per heavy atom. The number of urea groups is 1. The molecular weight excluding hydrogens is 366 g/mol. The van der Waals surface area contributed by atoms with Crippen molar-refractivity contribution in [1.82, 2.24) is 10.6 Å². The Bertz CT molecular complexity index is 928. The van der Waals surface area contributed by atoms with Crippen molar-refractivity contribution in [3.8, 4) is 0 Å². The lowest BCUT2D eigenvalue weighted by Gasteiger charge is -2.21. The van der Waals surface area contributed by atoms with Crippen molar-refractivity contribution in [2.75, 3.05) is 5.32 Å². The fraction of sp³-hybridized carbons (Fsp3) is 0.250. The fourth-order valence-electron chi connectivity index (χ4n) is 2.93. The first-order valence-electron chi connectivity index (χ1n) is 8.57. The van der Waals surface area contributed by atoms with Crippen molar-refractivity contribution in [2.45, 2.75) is 32.2 Å². The van der Waals surface area contributed by atoms with E-state index >= 15 is 0 Å². The number of imide groups is 1. The number of carbonyl (C=O) groups excluding carboxylic acids is 3. The van der Waals surface area contributed by atoms with Gasteiger partial charge in [-0.1, -0.05) is 35.9 Å². The van der Waals surface area contributed by atoms with Crippen LogP contribution in [0.4, 0.5) is 10.5 Å². The molecule has 140 valence electrons. The topological polar surface area (TPSA) is 87.3 Å². The minimum Gasteiger partial charge on any atom is -0.326 e. The van der Waals surface area contributed by atoms with E-state index in [9.17, 15) is 14.4 Å². The summed E-state index contributed by atoms with van der Waals surface area (Å²) in [5.41, 5.74) is 1.99. The molecule has 1 aliphatic heterocycles. The summed E-state index contributed by atoms with van der Waals surface area (Å²) in [5, 5.41) is 8.35. The Balaban J connectivity index is 1.65. The van der Waals surface area contributed by atoms with Gasteiger partial charge < -0.3 is 10.6 Å². The molecule has 0 aliphatic carbocycles. The first kappa shape index (κ1) is 18.9. The molecule has 1 saturated heterocycles. The van der Waals surface area contributed by atoms with E-state index in [1.165, 1.54) is 0 Å². The molecule has 6 nitrogen and oxygen atoms in total. The van der Waals surface area contributed by atoms with Gasteiger partial charge >= 0.3 is 6.03 Å². The average Bonchev–Trinajstić information content (AvgIpc) is 2.89. The van der Waals surface area contributed by atoms with Gasteiger partial charge in [-0.2, -0.15) is 0 Å². The van der Waals surface area contributed by atoms with E-state index in [1.807, 2.05) is 25.1 Å². The number of nitrogens with one attached hydrogen (secondary N) is 3. The van der Waals surface area contributed by atoms with Crippen LogP contribution in [0.5, 0.6) is 0 Å². The van der Waals surface area contributed by atoms with E-state index in [2.05, 4.69) is 16.0 Å². The predicted octanol–water partition coefficient (Wildman–Crippen LogP) is 3.27. The largest absolute Gasteiger partial charge is 0.326 e. The van der Waals surface area contributed by atoms with Crippen LogP contribution >= 0.6 is 11.6 Å². The summed E-state index contributed by atoms with van der Waals surface area (Å²) < 4.78 is 0. The molecule has 0 radical (unpaired) electrons. The van der Waals surface area contributed by atoms with Crippen LogP contribution in [-0.4, -0.2) is 17.8 Å². The van der Waals surface area contributed by atoms with Crippen molar-refractivity contribution in [3.63, 3.8) is 0 Å². The maximum Gasteiger partial charge on any atom is 0.322 e. The average molecular weight is 386 g/mol. The van der Waals surface area contributed by atoms with Gasteiger partial charge in [0.15, 0.2) is 0 Å². The number of aryl methyl sites for hydroxylation is 2. The van der Waals surface area contributed by atoms with Crippen molar-refractivity contribution in [1.29, 1.82) is 0 Å². The van der Waals surface area contributed by atoms with Crippen LogP contribution in [0.3, 0.4) is 0 Å². The Morgan fingerprint density at radius 2 is 1.96 bits per heavy atom. The quantitative estimate of drug-likeness (QED) is 0.690. The lowest BCUT2D eigenvalue weighted by atomic mass is 9.92. The summed E-state index contributed by atoms with van der Waals surface area (Å²) in [6, 6.07) is 12.1. The van der Waals surface area contributed by atoms with E-state index in [4.69, 9.17) is 11.6 Å². The monoisotopic (exact) mass is 385 g/mol. The van der Waals surface area contributed by atoms with Crippen LogP contribution in [0.15, 0.2) is 42.5 Å². The van der Waals surface area contributed by atoms with E-state index < -0.39 is 17.5 Å². The first-order valence-corrected chi connectivity index (χ1v) is 8.95. The molecule has 2 aromatic rings. The van der Waals surface area contributed by atoms with Gasteiger partial charge in [0, 0.05) is 17.1 Å². The second-order valence-corrected chi connectivity index (χ2v) is 7.15. The fourth-order valence-corrected chi connectivity index (χ4v) is 3.13. The molecule has 0 unspecified atom stereocenters. The number of rotatable bonds is 5. The molecule has 0 spiro atoms. The summed E-state index contributed by atoms with van der Waals surface area (Å²) in [4.78, 5) is 35.8. The van der Waals surface area contributed by atoms with Crippen molar-refractivity contribution >= 4 is 35.1 Å². The molecule has 2 aromatic carbocycles. The molecule has 1 aliphatic rings. The van der Waals surface area contributed by atoms with Gasteiger partial charge in [0.25, 0.3) is 5.91 Å². The molecule has 1 fully saturated rings. The number of hydrogen-bond donors (Lipinski definition) is 3. The SMILES string of the molecule is Cc1ccc(CCC(=O)Nc2cccc([C@]3(C)NC(=O)NC3=O)c2)cc1Cl. The van der Waals surface area contributed by atoms with Gasteiger partial charge in [-0.05, 0) is 55.2 Å². The Kier molecular flexibility index (Phi) is 5.19. The summed E-state index contributed by atoms with van der Waals surface area (Å²) >= 11 is 6.11. The molecule has 4 amide bonds. The van der Waals surface area contributed by atoms with Gasteiger partial charge in [0.05, 0.1) is 0 Å². The first-order chi connectivity index (χ1) is 12.8. The normalized spacial score (nSPS) is 18.8. The van der Waals surface area contributed by atoms with Crippen molar-refractivity contribution in [2.24, 2.45) is 0 Å². The van der Waals surface area contributed by atoms with Gasteiger partial charge in [-0.15, -0.1) is 0 Å². The van der Waals surface area contributed by atoms with Crippen LogP contribution in [0.1, 0.15) is 30.0 Å². The minimum absolute atomic E-state index is 0.145. The maximum atomic E-state index is 12.3. The number of hydrogen-bond acceptors (Lipinski definition) is 3. The highest BCUT2D eigenvalue weighted by Crippen LogP contribution is 2.26. The van der Waals surface area contributed by atoms with Crippen molar-refractivity contribution < 1.29 is 14.4 Å². The second-order valence-electron chi connectivity index (χ2n) is 6.75. The summed E-state index contributed by atoms with van der Waals surface area (Å²) in [7, 11) is 0. The molecule has 0 aromatic heterocycles. The standard InChI is InChI=1S/C20H20ClN3O3/c1-12-6-7-13(10-16(12)21)8-9-17(25)22-15-5-3-4-14(11-15)20(2)18(26)23-19(27)24-20/h3-7,10-11H,8-9H2,1-2H3,(H,22,25)(H2,23,24,26,27)/t20-/m0/s1. The Labute approximate surface area is 162 Å². The summed E-state index contributed by atoms with van der Waals surface area (Å²) in [5.74, 6) is -0.568. The molecule has 7 heteroatoms. The Morgan fingerprint density at radius 3 is 2.63 bits per heavy atom. The van der Waals surface area contributed by atoms with Gasteiger partial charge in [-0.3, -0.25) is 14.9 Å². The van der Waals surface area contributed by atoms with E-state index in [1.54, 1.807) is 31.2 Å². The van der Waals surface area contributed by atoms with Crippen LogP contribution in [0.2, 0.25) is 5.02 Å². The predicted molar refractivity (Wildman–Crippen MR) is 104 cm³/mol. The summed E-state index contributed by atoms with van der Waals surface area (Å²) in [6.45, 7) is 3.55. The Hall–Kier alpha value is -2.86. The molecule has 1 heterocycles. The zero-order valence-corrected chi connectivity index (χ0v) is 15.8. The van der Waals surface area contributed by atoms with Crippen LogP contribution in [0, 0.1) is 6.92 Å². The zero-order chi connectivity index (χ0) is 19.6. The molecule has 0 saturated carbocycles. The lowest BCUT2D eigenvalue weighted by molar-refractivity contribution is -0.123. The molecule has 1 atom stereocenters. The van der Waals surface area contributed by atoms with Gasteiger partial charge in [-0.25, -0.2) is 4.79 Å². The van der Waals surface area contributed by atoms with Crippen LogP contribution < -0.4 is 16.0 Å². The van der Waals surface area contributed by atoms with E-state index in [-0.39, 0.29) is 5.91 Å². The maximum absolute atomic E-state index is 12.3. The highest BCUT2D eigenvalue weighted by molar-refractivity contribution is 6.31. The molecular formula is C20H20ClN3O3. The highest BCUT2D eigenvalue weighted by atomic mass is 35.5. The molecule has 3 rings (SSSR count). The molecule has 27 heavy (non-hydrogen) atoms. The van der Waals surface area contributed by atoms with Crippen LogP contribution in [-0.2, 0) is 21.5 Å². The number of amides is 4.